The topological polar surface area (TPSA) is 38.3 Å². The summed E-state index contributed by atoms with van der Waals surface area (Å²) in [6.07, 6.45) is 0. The predicted octanol–water partition coefficient (Wildman–Crippen LogP) is 2.31. The Balaban J connectivity index is 3.01. The largest absolute Gasteiger partial charge is 0.495 e. The molecule has 0 saturated heterocycles. The number of anilines is 1. The first-order valence-electron chi connectivity index (χ1n) is 3.75. The van der Waals surface area contributed by atoms with Crippen molar-refractivity contribution < 1.29 is 9.53 Å². The van der Waals surface area contributed by atoms with E-state index in [9.17, 15) is 4.79 Å². The molecule has 1 rings (SSSR count). The molecule has 0 aliphatic heterocycles. The number of ether oxygens (including phenoxy) is 1. The Morgan fingerprint density at radius 1 is 1.54 bits per heavy atom. The van der Waals surface area contributed by atoms with E-state index in [0.717, 1.165) is 0 Å². The van der Waals surface area contributed by atoms with Gasteiger partial charge in [0.25, 0.3) is 0 Å². The van der Waals surface area contributed by atoms with E-state index < -0.39 is 0 Å². The zero-order valence-electron chi connectivity index (χ0n) is 7.43. The summed E-state index contributed by atoms with van der Waals surface area (Å²) in [6.45, 7) is 1.43. The first-order valence-corrected chi connectivity index (χ1v) is 4.13. The minimum Gasteiger partial charge on any atom is -0.495 e. The van der Waals surface area contributed by atoms with Crippen molar-refractivity contribution in [3.05, 3.63) is 23.2 Å². The quantitative estimate of drug-likeness (QED) is 0.794. The van der Waals surface area contributed by atoms with Crippen molar-refractivity contribution in [1.82, 2.24) is 0 Å². The van der Waals surface area contributed by atoms with Gasteiger partial charge in [0.1, 0.15) is 10.8 Å². The number of carbonyl (C=O) groups excluding carboxylic acids is 1. The minimum absolute atomic E-state index is 0.157. The number of amides is 1. The molecular weight excluding hydrogens is 190 g/mol. The molecule has 0 heterocycles. The van der Waals surface area contributed by atoms with E-state index in [1.54, 1.807) is 18.2 Å². The van der Waals surface area contributed by atoms with Crippen LogP contribution in [0, 0.1) is 0 Å². The van der Waals surface area contributed by atoms with Gasteiger partial charge in [-0.1, -0.05) is 17.7 Å². The molecular formula is C9H10ClNO2. The Morgan fingerprint density at radius 3 is 2.77 bits per heavy atom. The number of rotatable bonds is 2. The Morgan fingerprint density at radius 2 is 2.23 bits per heavy atom. The van der Waals surface area contributed by atoms with E-state index in [-0.39, 0.29) is 5.91 Å². The third-order valence-corrected chi connectivity index (χ3v) is 1.88. The monoisotopic (exact) mass is 199 g/mol. The lowest BCUT2D eigenvalue weighted by atomic mass is 10.3. The maximum atomic E-state index is 10.8. The number of carbonyl (C=O) groups is 1. The van der Waals surface area contributed by atoms with Gasteiger partial charge in [0.15, 0.2) is 0 Å². The van der Waals surface area contributed by atoms with E-state index in [1.165, 1.54) is 14.0 Å². The number of hydrogen-bond acceptors (Lipinski definition) is 2. The zero-order chi connectivity index (χ0) is 9.84. The number of methoxy groups -OCH3 is 1. The number of nitrogens with one attached hydrogen (secondary N) is 1. The number of hydrogen-bond donors (Lipinski definition) is 1. The summed E-state index contributed by atoms with van der Waals surface area (Å²) < 4.78 is 4.98. The van der Waals surface area contributed by atoms with E-state index in [0.29, 0.717) is 16.5 Å². The Bertz CT molecular complexity index is 325. The molecule has 0 saturated carbocycles. The number of halogens is 1. The van der Waals surface area contributed by atoms with Gasteiger partial charge in [0.05, 0.1) is 12.8 Å². The van der Waals surface area contributed by atoms with Crippen LogP contribution in [0.5, 0.6) is 5.75 Å². The van der Waals surface area contributed by atoms with Gasteiger partial charge >= 0.3 is 0 Å². The van der Waals surface area contributed by atoms with Crippen molar-refractivity contribution in [3.8, 4) is 5.75 Å². The molecule has 1 aromatic carbocycles. The Hall–Kier alpha value is -1.22. The lowest BCUT2D eigenvalue weighted by Crippen LogP contribution is -2.06. The molecule has 13 heavy (non-hydrogen) atoms. The van der Waals surface area contributed by atoms with Crippen LogP contribution in [0.2, 0.25) is 5.02 Å². The first kappa shape index (κ1) is 9.86. The molecule has 0 bridgehead atoms. The van der Waals surface area contributed by atoms with Gasteiger partial charge in [0, 0.05) is 6.92 Å². The second-order valence-corrected chi connectivity index (χ2v) is 2.88. The van der Waals surface area contributed by atoms with Crippen LogP contribution in [0.1, 0.15) is 6.92 Å². The van der Waals surface area contributed by atoms with Crippen molar-refractivity contribution in [1.29, 1.82) is 0 Å². The highest BCUT2D eigenvalue weighted by Gasteiger charge is 2.06. The maximum absolute atomic E-state index is 10.8. The van der Waals surface area contributed by atoms with Crippen LogP contribution in [0.15, 0.2) is 18.2 Å². The summed E-state index contributed by atoms with van der Waals surface area (Å²) >= 11 is 5.91. The molecule has 0 radical (unpaired) electrons. The highest BCUT2D eigenvalue weighted by atomic mass is 35.5. The third-order valence-electron chi connectivity index (χ3n) is 1.49. The smallest absolute Gasteiger partial charge is 0.221 e. The fraction of sp³-hybridized carbons (Fsp3) is 0.222. The maximum Gasteiger partial charge on any atom is 0.221 e. The Labute approximate surface area is 81.7 Å². The molecule has 0 spiro atoms. The van der Waals surface area contributed by atoms with Crippen molar-refractivity contribution in [2.75, 3.05) is 12.4 Å². The van der Waals surface area contributed by atoms with Crippen LogP contribution in [-0.2, 0) is 4.79 Å². The number of benzene rings is 1. The fourth-order valence-corrected chi connectivity index (χ4v) is 1.21. The van der Waals surface area contributed by atoms with Gasteiger partial charge in [-0.3, -0.25) is 4.79 Å². The summed E-state index contributed by atoms with van der Waals surface area (Å²) in [5.41, 5.74) is 0.563. The lowest BCUT2D eigenvalue weighted by molar-refractivity contribution is -0.114. The van der Waals surface area contributed by atoms with Gasteiger partial charge in [0.2, 0.25) is 5.91 Å². The average Bonchev–Trinajstić information content (AvgIpc) is 2.08. The summed E-state index contributed by atoms with van der Waals surface area (Å²) in [5.74, 6) is 0.392. The normalized spacial score (nSPS) is 9.46. The fourth-order valence-electron chi connectivity index (χ4n) is 0.955. The van der Waals surface area contributed by atoms with Crippen molar-refractivity contribution in [2.45, 2.75) is 6.92 Å². The summed E-state index contributed by atoms with van der Waals surface area (Å²) in [7, 11) is 1.53. The van der Waals surface area contributed by atoms with Crippen LogP contribution in [-0.4, -0.2) is 13.0 Å². The Kier molecular flexibility index (Phi) is 3.14. The van der Waals surface area contributed by atoms with Gasteiger partial charge in [-0.05, 0) is 12.1 Å². The second kappa shape index (κ2) is 4.14. The summed E-state index contributed by atoms with van der Waals surface area (Å²) in [6, 6.07) is 5.20. The van der Waals surface area contributed by atoms with Gasteiger partial charge in [-0.25, -0.2) is 0 Å². The molecule has 70 valence electrons. The SMILES string of the molecule is COc1cccc(NC(C)=O)c1Cl. The third kappa shape index (κ3) is 2.36. The van der Waals surface area contributed by atoms with Crippen LogP contribution in [0.3, 0.4) is 0 Å². The highest BCUT2D eigenvalue weighted by molar-refractivity contribution is 6.35. The van der Waals surface area contributed by atoms with Crippen LogP contribution in [0.4, 0.5) is 5.69 Å². The van der Waals surface area contributed by atoms with Gasteiger partial charge in [-0.2, -0.15) is 0 Å². The van der Waals surface area contributed by atoms with E-state index >= 15 is 0 Å². The average molecular weight is 200 g/mol. The molecule has 3 nitrogen and oxygen atoms in total. The lowest BCUT2D eigenvalue weighted by Gasteiger charge is -2.07. The van der Waals surface area contributed by atoms with Gasteiger partial charge < -0.3 is 10.1 Å². The van der Waals surface area contributed by atoms with Crippen molar-refractivity contribution in [3.63, 3.8) is 0 Å². The molecule has 1 aromatic rings. The standard InChI is InChI=1S/C9H10ClNO2/c1-6(12)11-7-4-3-5-8(13-2)9(7)10/h3-5H,1-2H3,(H,11,12). The second-order valence-electron chi connectivity index (χ2n) is 2.50. The zero-order valence-corrected chi connectivity index (χ0v) is 8.18. The predicted molar refractivity (Wildman–Crippen MR) is 52.3 cm³/mol. The molecule has 1 amide bonds. The molecule has 0 aromatic heterocycles. The summed E-state index contributed by atoms with van der Waals surface area (Å²) in [4.78, 5) is 10.8. The van der Waals surface area contributed by atoms with Crippen molar-refractivity contribution in [2.24, 2.45) is 0 Å². The molecule has 0 aliphatic rings. The molecule has 0 aliphatic carbocycles. The van der Waals surface area contributed by atoms with E-state index in [4.69, 9.17) is 16.3 Å². The van der Waals surface area contributed by atoms with E-state index in [1.807, 2.05) is 0 Å². The van der Waals surface area contributed by atoms with Crippen LogP contribution in [0.25, 0.3) is 0 Å². The van der Waals surface area contributed by atoms with E-state index in [2.05, 4.69) is 5.32 Å². The van der Waals surface area contributed by atoms with Crippen LogP contribution >= 0.6 is 11.6 Å². The van der Waals surface area contributed by atoms with Gasteiger partial charge in [-0.15, -0.1) is 0 Å². The highest BCUT2D eigenvalue weighted by Crippen LogP contribution is 2.31. The summed E-state index contributed by atoms with van der Waals surface area (Å²) in [5, 5.41) is 3.01. The molecule has 4 heteroatoms. The molecule has 0 atom stereocenters. The molecule has 0 fully saturated rings. The molecule has 0 unspecified atom stereocenters. The first-order chi connectivity index (χ1) is 6.15. The molecule has 1 N–H and O–H groups in total. The minimum atomic E-state index is -0.157. The van der Waals surface area contributed by atoms with Crippen LogP contribution < -0.4 is 10.1 Å². The van der Waals surface area contributed by atoms with Crippen molar-refractivity contribution >= 4 is 23.2 Å².